The molecule has 0 radical (unpaired) electrons. The lowest BCUT2D eigenvalue weighted by Gasteiger charge is -2.09. The van der Waals surface area contributed by atoms with Crippen molar-refractivity contribution in [2.75, 3.05) is 13.2 Å². The molecule has 0 atom stereocenters. The molecule has 2 rings (SSSR count). The van der Waals surface area contributed by atoms with Crippen LogP contribution in [-0.2, 0) is 0 Å². The van der Waals surface area contributed by atoms with Gasteiger partial charge in [0.05, 0.1) is 15.9 Å². The molecule has 0 spiro atoms. The van der Waals surface area contributed by atoms with Gasteiger partial charge in [-0.1, -0.05) is 12.1 Å². The third-order valence-electron chi connectivity index (χ3n) is 2.95. The molecule has 0 saturated heterocycles. The summed E-state index contributed by atoms with van der Waals surface area (Å²) >= 11 is 0. The van der Waals surface area contributed by atoms with Gasteiger partial charge < -0.3 is 9.47 Å². The smallest absolute Gasteiger partial charge is 0.311 e. The van der Waals surface area contributed by atoms with E-state index in [2.05, 4.69) is 0 Å². The molecule has 0 aromatic heterocycles. The van der Waals surface area contributed by atoms with Crippen molar-refractivity contribution >= 4 is 11.4 Å². The van der Waals surface area contributed by atoms with Crippen molar-refractivity contribution < 1.29 is 19.3 Å². The number of non-ortho nitro benzene ring substituents is 1. The molecule has 2 aromatic rings. The zero-order valence-electron chi connectivity index (χ0n) is 12.3. The summed E-state index contributed by atoms with van der Waals surface area (Å²) in [5, 5.41) is 21.6. The van der Waals surface area contributed by atoms with Gasteiger partial charge in [-0.05, 0) is 24.6 Å². The van der Waals surface area contributed by atoms with Crippen molar-refractivity contribution in [3.05, 3.63) is 68.3 Å². The average molecular weight is 318 g/mol. The molecule has 8 nitrogen and oxygen atoms in total. The summed E-state index contributed by atoms with van der Waals surface area (Å²) in [6.45, 7) is 1.93. The van der Waals surface area contributed by atoms with Gasteiger partial charge in [-0.15, -0.1) is 0 Å². The van der Waals surface area contributed by atoms with Crippen molar-refractivity contribution in [3.63, 3.8) is 0 Å². The highest BCUT2D eigenvalue weighted by Gasteiger charge is 2.15. The Hall–Kier alpha value is -3.16. The topological polar surface area (TPSA) is 105 Å². The van der Waals surface area contributed by atoms with Gasteiger partial charge in [0, 0.05) is 12.1 Å². The summed E-state index contributed by atoms with van der Waals surface area (Å²) in [5.41, 5.74) is 0.579. The van der Waals surface area contributed by atoms with Gasteiger partial charge in [-0.2, -0.15) is 0 Å². The van der Waals surface area contributed by atoms with Gasteiger partial charge in [-0.25, -0.2) is 0 Å². The highest BCUT2D eigenvalue weighted by atomic mass is 16.6. The minimum absolute atomic E-state index is 0.0717. The van der Waals surface area contributed by atoms with E-state index >= 15 is 0 Å². The number of hydrogen-bond donors (Lipinski definition) is 0. The minimum atomic E-state index is -0.515. The van der Waals surface area contributed by atoms with E-state index in [9.17, 15) is 20.2 Å². The number of aryl methyl sites for hydroxylation is 1. The summed E-state index contributed by atoms with van der Waals surface area (Å²) in [6, 6.07) is 10.4. The van der Waals surface area contributed by atoms with Crippen LogP contribution in [0.25, 0.3) is 0 Å². The first-order valence-electron chi connectivity index (χ1n) is 6.72. The lowest BCUT2D eigenvalue weighted by molar-refractivity contribution is -0.385. The molecule has 2 aromatic carbocycles. The van der Waals surface area contributed by atoms with Gasteiger partial charge >= 0.3 is 5.69 Å². The number of benzene rings is 2. The maximum Gasteiger partial charge on any atom is 0.311 e. The fraction of sp³-hybridized carbons (Fsp3) is 0.200. The van der Waals surface area contributed by atoms with E-state index in [0.717, 1.165) is 5.56 Å². The summed E-state index contributed by atoms with van der Waals surface area (Å²) in [6.07, 6.45) is 0. The van der Waals surface area contributed by atoms with Crippen LogP contribution in [0.2, 0.25) is 0 Å². The quantitative estimate of drug-likeness (QED) is 0.441. The van der Waals surface area contributed by atoms with Gasteiger partial charge in [0.15, 0.2) is 5.75 Å². The van der Waals surface area contributed by atoms with Crippen molar-refractivity contribution in [3.8, 4) is 11.5 Å². The largest absolute Gasteiger partial charge is 0.490 e. The van der Waals surface area contributed by atoms with E-state index in [1.165, 1.54) is 30.3 Å². The van der Waals surface area contributed by atoms with E-state index in [0.29, 0.717) is 5.75 Å². The molecule has 0 bridgehead atoms. The Kier molecular flexibility index (Phi) is 5.08. The first-order valence-corrected chi connectivity index (χ1v) is 6.72. The average Bonchev–Trinajstić information content (AvgIpc) is 2.52. The fourth-order valence-corrected chi connectivity index (χ4v) is 1.89. The maximum atomic E-state index is 11.0. The summed E-state index contributed by atoms with van der Waals surface area (Å²) in [4.78, 5) is 20.6. The molecule has 0 unspecified atom stereocenters. The van der Waals surface area contributed by atoms with Crippen LogP contribution in [0.5, 0.6) is 11.5 Å². The van der Waals surface area contributed by atoms with Crippen LogP contribution in [0.4, 0.5) is 11.4 Å². The van der Waals surface area contributed by atoms with Crippen molar-refractivity contribution in [2.24, 2.45) is 0 Å². The SMILES string of the molecule is Cc1ccc(OCCOc2cccc([N+](=O)[O-])c2)c([N+](=O)[O-])c1. The summed E-state index contributed by atoms with van der Waals surface area (Å²) < 4.78 is 10.7. The van der Waals surface area contributed by atoms with Crippen LogP contribution in [0.1, 0.15) is 5.56 Å². The van der Waals surface area contributed by atoms with Gasteiger partial charge in [0.1, 0.15) is 19.0 Å². The molecule has 0 aliphatic carbocycles. The first kappa shape index (κ1) is 16.2. The monoisotopic (exact) mass is 318 g/mol. The van der Waals surface area contributed by atoms with Crippen molar-refractivity contribution in [1.29, 1.82) is 0 Å². The van der Waals surface area contributed by atoms with E-state index in [4.69, 9.17) is 9.47 Å². The molecule has 0 saturated carbocycles. The Morgan fingerprint density at radius 2 is 1.70 bits per heavy atom. The maximum absolute atomic E-state index is 11.0. The van der Waals surface area contributed by atoms with Gasteiger partial charge in [0.2, 0.25) is 0 Å². The third-order valence-corrected chi connectivity index (χ3v) is 2.95. The van der Waals surface area contributed by atoms with E-state index < -0.39 is 9.85 Å². The van der Waals surface area contributed by atoms with Gasteiger partial charge in [0.25, 0.3) is 5.69 Å². The lowest BCUT2D eigenvalue weighted by atomic mass is 10.2. The normalized spacial score (nSPS) is 10.1. The molecule has 0 heterocycles. The van der Waals surface area contributed by atoms with Crippen LogP contribution in [-0.4, -0.2) is 23.1 Å². The molecule has 0 amide bonds. The van der Waals surface area contributed by atoms with E-state index in [1.54, 1.807) is 19.1 Å². The van der Waals surface area contributed by atoms with E-state index in [1.807, 2.05) is 0 Å². The number of rotatable bonds is 7. The Labute approximate surface area is 131 Å². The molecule has 0 aliphatic rings. The zero-order valence-corrected chi connectivity index (χ0v) is 12.3. The van der Waals surface area contributed by atoms with Crippen LogP contribution in [0.3, 0.4) is 0 Å². The standard InChI is InChI=1S/C15H14N2O6/c1-11-5-6-15(14(9-11)17(20)21)23-8-7-22-13-4-2-3-12(10-13)16(18)19/h2-6,9-10H,7-8H2,1H3. The predicted molar refractivity (Wildman–Crippen MR) is 81.9 cm³/mol. The second kappa shape index (κ2) is 7.21. The van der Waals surface area contributed by atoms with Crippen molar-refractivity contribution in [2.45, 2.75) is 6.92 Å². The highest BCUT2D eigenvalue weighted by Crippen LogP contribution is 2.27. The van der Waals surface area contributed by atoms with Crippen LogP contribution >= 0.6 is 0 Å². The Balaban J connectivity index is 1.92. The molecule has 23 heavy (non-hydrogen) atoms. The lowest BCUT2D eigenvalue weighted by Crippen LogP contribution is -2.10. The number of ether oxygens (including phenoxy) is 2. The third kappa shape index (κ3) is 4.40. The van der Waals surface area contributed by atoms with Crippen LogP contribution < -0.4 is 9.47 Å². The second-order valence-corrected chi connectivity index (χ2v) is 4.68. The summed E-state index contributed by atoms with van der Waals surface area (Å²) in [7, 11) is 0. The minimum Gasteiger partial charge on any atom is -0.490 e. The number of hydrogen-bond acceptors (Lipinski definition) is 6. The zero-order chi connectivity index (χ0) is 16.8. The Morgan fingerprint density at radius 1 is 0.957 bits per heavy atom. The number of nitro groups is 2. The van der Waals surface area contributed by atoms with Crippen LogP contribution in [0.15, 0.2) is 42.5 Å². The van der Waals surface area contributed by atoms with E-state index in [-0.39, 0.29) is 30.3 Å². The molecule has 8 heteroatoms. The number of nitrogens with zero attached hydrogens (tertiary/aromatic N) is 2. The van der Waals surface area contributed by atoms with Crippen molar-refractivity contribution in [1.82, 2.24) is 0 Å². The molecular formula is C15H14N2O6. The van der Waals surface area contributed by atoms with Gasteiger partial charge in [-0.3, -0.25) is 20.2 Å². The molecule has 0 fully saturated rings. The summed E-state index contributed by atoms with van der Waals surface area (Å²) in [5.74, 6) is 0.490. The molecule has 0 aliphatic heterocycles. The Bertz CT molecular complexity index is 732. The van der Waals surface area contributed by atoms with Crippen LogP contribution in [0, 0.1) is 27.2 Å². The predicted octanol–water partition coefficient (Wildman–Crippen LogP) is 3.27. The second-order valence-electron chi connectivity index (χ2n) is 4.68. The number of nitro benzene ring substituents is 2. The molecular weight excluding hydrogens is 304 g/mol. The Morgan fingerprint density at radius 3 is 2.39 bits per heavy atom. The fourth-order valence-electron chi connectivity index (χ4n) is 1.89. The highest BCUT2D eigenvalue weighted by molar-refractivity contribution is 5.48. The first-order chi connectivity index (χ1) is 11.0. The molecule has 0 N–H and O–H groups in total. The molecule has 120 valence electrons.